The molecule has 0 fully saturated rings. The van der Waals surface area contributed by atoms with Gasteiger partial charge in [0.05, 0.1) is 0 Å². The van der Waals surface area contributed by atoms with E-state index in [4.69, 9.17) is 0 Å². The third-order valence-corrected chi connectivity index (χ3v) is 4.55. The zero-order chi connectivity index (χ0) is 11.3. The summed E-state index contributed by atoms with van der Waals surface area (Å²) in [5.74, 6) is 0. The molecule has 0 saturated heterocycles. The van der Waals surface area contributed by atoms with Crippen molar-refractivity contribution in [2.24, 2.45) is 0 Å². The monoisotopic (exact) mass is 290 g/mol. The molecule has 0 aliphatic heterocycles. The number of hydrogen-bond donors (Lipinski definition) is 1. The summed E-state index contributed by atoms with van der Waals surface area (Å²) in [6.45, 7) is 8.59. The molecule has 0 atom stereocenters. The second kappa shape index (κ2) is 6.63. The Morgan fingerprint density at radius 1 is 1.53 bits per heavy atom. The number of nitrogens with zero attached hydrogens (tertiary/aromatic N) is 1. The molecule has 1 rings (SSSR count). The van der Waals surface area contributed by atoms with Gasteiger partial charge in [-0.15, -0.1) is 11.3 Å². The molecule has 0 aliphatic rings. The van der Waals surface area contributed by atoms with E-state index in [1.165, 1.54) is 14.2 Å². The lowest BCUT2D eigenvalue weighted by Gasteiger charge is -2.13. The van der Waals surface area contributed by atoms with Gasteiger partial charge in [-0.2, -0.15) is 0 Å². The topological polar surface area (TPSA) is 15.3 Å². The maximum absolute atomic E-state index is 3.53. The Labute approximate surface area is 105 Å². The van der Waals surface area contributed by atoms with E-state index in [0.29, 0.717) is 0 Å². The molecule has 0 saturated carbocycles. The van der Waals surface area contributed by atoms with Crippen LogP contribution in [0.25, 0.3) is 0 Å². The second-order valence-electron chi connectivity index (χ2n) is 3.69. The lowest BCUT2D eigenvalue weighted by Crippen LogP contribution is -2.28. The predicted octanol–water partition coefficient (Wildman–Crippen LogP) is 2.86. The van der Waals surface area contributed by atoms with Gasteiger partial charge in [-0.25, -0.2) is 0 Å². The van der Waals surface area contributed by atoms with E-state index < -0.39 is 0 Å². The van der Waals surface area contributed by atoms with Crippen LogP contribution in [-0.2, 0) is 6.54 Å². The number of aryl methyl sites for hydroxylation is 1. The first-order chi connectivity index (χ1) is 7.13. The van der Waals surface area contributed by atoms with E-state index in [0.717, 1.165) is 26.2 Å². The molecule has 0 aromatic carbocycles. The molecule has 0 radical (unpaired) electrons. The summed E-state index contributed by atoms with van der Waals surface area (Å²) < 4.78 is 1.23. The molecule has 1 aromatic rings. The van der Waals surface area contributed by atoms with Crippen LogP contribution in [-0.4, -0.2) is 31.6 Å². The van der Waals surface area contributed by atoms with Crippen LogP contribution in [0.2, 0.25) is 0 Å². The number of rotatable bonds is 6. The molecule has 4 heteroatoms. The van der Waals surface area contributed by atoms with Crippen molar-refractivity contribution in [1.82, 2.24) is 10.2 Å². The molecule has 0 amide bonds. The number of thiophene rings is 1. The van der Waals surface area contributed by atoms with Gasteiger partial charge in [0.25, 0.3) is 0 Å². The Bertz CT molecular complexity index is 279. The molecular formula is C11H19BrN2S. The number of hydrogen-bond acceptors (Lipinski definition) is 3. The summed E-state index contributed by atoms with van der Waals surface area (Å²) in [5.41, 5.74) is 0. The van der Waals surface area contributed by atoms with E-state index in [2.05, 4.69) is 53.1 Å². The Morgan fingerprint density at radius 3 is 2.80 bits per heavy atom. The van der Waals surface area contributed by atoms with Crippen molar-refractivity contribution in [2.75, 3.05) is 26.7 Å². The number of nitrogens with one attached hydrogen (secondary N) is 1. The highest BCUT2D eigenvalue weighted by molar-refractivity contribution is 9.10. The zero-order valence-corrected chi connectivity index (χ0v) is 12.0. The molecule has 0 unspecified atom stereocenters. The van der Waals surface area contributed by atoms with Gasteiger partial charge >= 0.3 is 0 Å². The van der Waals surface area contributed by atoms with Crippen LogP contribution in [0.4, 0.5) is 0 Å². The Morgan fingerprint density at radius 2 is 2.27 bits per heavy atom. The van der Waals surface area contributed by atoms with Crippen LogP contribution >= 0.6 is 27.3 Å². The fraction of sp³-hybridized carbons (Fsp3) is 0.636. The van der Waals surface area contributed by atoms with Gasteiger partial charge < -0.3 is 10.2 Å². The van der Waals surface area contributed by atoms with Crippen LogP contribution < -0.4 is 5.32 Å². The average molecular weight is 291 g/mol. The summed E-state index contributed by atoms with van der Waals surface area (Å²) in [4.78, 5) is 5.07. The van der Waals surface area contributed by atoms with Crippen LogP contribution in [0.1, 0.15) is 16.7 Å². The third-order valence-electron chi connectivity index (χ3n) is 2.42. The summed E-state index contributed by atoms with van der Waals surface area (Å²) >= 11 is 5.39. The highest BCUT2D eigenvalue weighted by Crippen LogP contribution is 2.25. The minimum absolute atomic E-state index is 0.981. The van der Waals surface area contributed by atoms with Gasteiger partial charge in [-0.05, 0) is 42.5 Å². The van der Waals surface area contributed by atoms with E-state index >= 15 is 0 Å². The first kappa shape index (κ1) is 13.2. The normalized spacial score (nSPS) is 11.3. The lowest BCUT2D eigenvalue weighted by atomic mass is 10.4. The fourth-order valence-corrected chi connectivity index (χ4v) is 2.82. The molecule has 15 heavy (non-hydrogen) atoms. The molecule has 1 N–H and O–H groups in total. The van der Waals surface area contributed by atoms with Gasteiger partial charge in [0.1, 0.15) is 0 Å². The molecular weight excluding hydrogens is 272 g/mol. The molecule has 0 aliphatic carbocycles. The first-order valence-electron chi connectivity index (χ1n) is 5.27. The highest BCUT2D eigenvalue weighted by atomic mass is 79.9. The molecule has 1 heterocycles. The Hall–Kier alpha value is 0.1000. The van der Waals surface area contributed by atoms with E-state index in [1.54, 1.807) is 0 Å². The molecule has 0 bridgehead atoms. The summed E-state index contributed by atoms with van der Waals surface area (Å²) in [6, 6.07) is 2.20. The van der Waals surface area contributed by atoms with E-state index in [9.17, 15) is 0 Å². The molecule has 86 valence electrons. The van der Waals surface area contributed by atoms with Crippen molar-refractivity contribution in [1.29, 1.82) is 0 Å². The fourth-order valence-electron chi connectivity index (χ4n) is 1.24. The van der Waals surface area contributed by atoms with Gasteiger partial charge in [-0.3, -0.25) is 0 Å². The van der Waals surface area contributed by atoms with Gasteiger partial charge in [0, 0.05) is 33.9 Å². The minimum atomic E-state index is 0.981. The van der Waals surface area contributed by atoms with Crippen molar-refractivity contribution in [3.63, 3.8) is 0 Å². The standard InChI is InChI=1S/C11H19BrN2S/c1-4-14(3)6-5-13-8-10-7-11(12)9(2)15-10/h7,13H,4-6,8H2,1-3H3. The smallest absolute Gasteiger partial charge is 0.0314 e. The maximum Gasteiger partial charge on any atom is 0.0314 e. The van der Waals surface area contributed by atoms with Crippen molar-refractivity contribution in [2.45, 2.75) is 20.4 Å². The zero-order valence-electron chi connectivity index (χ0n) is 9.64. The van der Waals surface area contributed by atoms with Crippen LogP contribution in [0.5, 0.6) is 0 Å². The van der Waals surface area contributed by atoms with Crippen molar-refractivity contribution in [3.8, 4) is 0 Å². The first-order valence-corrected chi connectivity index (χ1v) is 6.88. The maximum atomic E-state index is 3.53. The molecule has 0 spiro atoms. The molecule has 2 nitrogen and oxygen atoms in total. The number of likely N-dealkylation sites (N-methyl/N-ethyl adjacent to an activating group) is 1. The highest BCUT2D eigenvalue weighted by Gasteiger charge is 2.02. The van der Waals surface area contributed by atoms with E-state index in [1.807, 2.05) is 11.3 Å². The number of halogens is 1. The summed E-state index contributed by atoms with van der Waals surface area (Å²) in [6.07, 6.45) is 0. The predicted molar refractivity (Wildman–Crippen MR) is 71.6 cm³/mol. The minimum Gasteiger partial charge on any atom is -0.311 e. The van der Waals surface area contributed by atoms with Crippen molar-refractivity contribution < 1.29 is 0 Å². The Balaban J connectivity index is 2.20. The van der Waals surface area contributed by atoms with Crippen LogP contribution in [0, 0.1) is 6.92 Å². The van der Waals surface area contributed by atoms with Crippen LogP contribution in [0.15, 0.2) is 10.5 Å². The van der Waals surface area contributed by atoms with Gasteiger partial charge in [0.15, 0.2) is 0 Å². The summed E-state index contributed by atoms with van der Waals surface area (Å²) in [5, 5.41) is 3.46. The van der Waals surface area contributed by atoms with Crippen molar-refractivity contribution in [3.05, 3.63) is 20.3 Å². The Kier molecular flexibility index (Phi) is 5.82. The average Bonchev–Trinajstić information content (AvgIpc) is 2.53. The van der Waals surface area contributed by atoms with Gasteiger partial charge in [0.2, 0.25) is 0 Å². The third kappa shape index (κ3) is 4.64. The molecule has 1 aromatic heterocycles. The SMILES string of the molecule is CCN(C)CCNCc1cc(Br)c(C)s1. The summed E-state index contributed by atoms with van der Waals surface area (Å²) in [7, 11) is 2.15. The quantitative estimate of drug-likeness (QED) is 0.811. The van der Waals surface area contributed by atoms with Crippen LogP contribution in [0.3, 0.4) is 0 Å². The lowest BCUT2D eigenvalue weighted by molar-refractivity contribution is 0.349. The second-order valence-corrected chi connectivity index (χ2v) is 5.88. The van der Waals surface area contributed by atoms with Gasteiger partial charge in [-0.1, -0.05) is 6.92 Å². The van der Waals surface area contributed by atoms with Crippen molar-refractivity contribution >= 4 is 27.3 Å². The van der Waals surface area contributed by atoms with E-state index in [-0.39, 0.29) is 0 Å². The largest absolute Gasteiger partial charge is 0.311 e.